The highest BCUT2D eigenvalue weighted by Gasteiger charge is 2.16. The predicted octanol–water partition coefficient (Wildman–Crippen LogP) is 2.83. The van der Waals surface area contributed by atoms with Crippen molar-refractivity contribution in [3.63, 3.8) is 0 Å². The van der Waals surface area contributed by atoms with Crippen molar-refractivity contribution in [3.05, 3.63) is 99.2 Å². The number of sulfonamides is 1. The van der Waals surface area contributed by atoms with Gasteiger partial charge in [0.25, 0.3) is 15.6 Å². The van der Waals surface area contributed by atoms with Gasteiger partial charge in [-0.05, 0) is 48.9 Å². The van der Waals surface area contributed by atoms with E-state index in [1.165, 1.54) is 22.8 Å². The monoisotopic (exact) mass is 478 g/mol. The van der Waals surface area contributed by atoms with Crippen molar-refractivity contribution in [3.8, 4) is 0 Å². The van der Waals surface area contributed by atoms with Gasteiger partial charge in [0.2, 0.25) is 5.91 Å². The van der Waals surface area contributed by atoms with Gasteiger partial charge in [-0.15, -0.1) is 0 Å². The number of nitrogens with zero attached hydrogens (tertiary/aromatic N) is 1. The molecule has 34 heavy (non-hydrogen) atoms. The standard InChI is InChI=1S/C24H22N4O5S/c1-16-11-12-17(15-20(16)27-34(32,33)18-7-3-2-4-8-18)25-22(29)13-14-28-21-10-6-5-9-19(21)23(30)26-24(28)31/h2-12,15,27H,13-14H2,1H3,(H,25,29)(H,26,30,31). The van der Waals surface area contributed by atoms with E-state index in [2.05, 4.69) is 15.0 Å². The largest absolute Gasteiger partial charge is 0.328 e. The number of para-hydroxylation sites is 1. The lowest BCUT2D eigenvalue weighted by molar-refractivity contribution is -0.116. The van der Waals surface area contributed by atoms with Crippen LogP contribution in [0.5, 0.6) is 0 Å². The minimum atomic E-state index is -3.79. The number of carbonyl (C=O) groups excluding carboxylic acids is 1. The van der Waals surface area contributed by atoms with Crippen molar-refractivity contribution in [1.29, 1.82) is 0 Å². The van der Waals surface area contributed by atoms with E-state index < -0.39 is 21.3 Å². The molecule has 1 aromatic heterocycles. The highest BCUT2D eigenvalue weighted by Crippen LogP contribution is 2.23. The summed E-state index contributed by atoms with van der Waals surface area (Å²) in [6.45, 7) is 1.81. The number of H-pyrrole nitrogens is 1. The topological polar surface area (TPSA) is 130 Å². The van der Waals surface area contributed by atoms with Gasteiger partial charge in [0.05, 0.1) is 21.5 Å². The van der Waals surface area contributed by atoms with Gasteiger partial charge in [-0.2, -0.15) is 0 Å². The maximum absolute atomic E-state index is 12.7. The molecule has 4 rings (SSSR count). The Morgan fingerprint density at radius 1 is 0.971 bits per heavy atom. The van der Waals surface area contributed by atoms with Gasteiger partial charge in [-0.3, -0.25) is 23.9 Å². The number of fused-ring (bicyclic) bond motifs is 1. The van der Waals surface area contributed by atoms with Crippen LogP contribution in [0, 0.1) is 6.92 Å². The molecule has 0 aliphatic carbocycles. The predicted molar refractivity (Wildman–Crippen MR) is 131 cm³/mol. The summed E-state index contributed by atoms with van der Waals surface area (Å²) in [5, 5.41) is 3.08. The van der Waals surface area contributed by atoms with Crippen molar-refractivity contribution in [2.75, 3.05) is 10.0 Å². The van der Waals surface area contributed by atoms with E-state index >= 15 is 0 Å². The van der Waals surface area contributed by atoms with Crippen LogP contribution in [0.15, 0.2) is 87.3 Å². The molecule has 0 saturated heterocycles. The first-order chi connectivity index (χ1) is 16.2. The fourth-order valence-electron chi connectivity index (χ4n) is 3.51. The number of hydrogen-bond acceptors (Lipinski definition) is 5. The Labute approximate surface area is 195 Å². The normalized spacial score (nSPS) is 11.3. The molecule has 174 valence electrons. The molecule has 1 amide bonds. The third-order valence-electron chi connectivity index (χ3n) is 5.29. The summed E-state index contributed by atoms with van der Waals surface area (Å²) >= 11 is 0. The van der Waals surface area contributed by atoms with Gasteiger partial charge in [0.15, 0.2) is 0 Å². The van der Waals surface area contributed by atoms with Crippen LogP contribution in [0.1, 0.15) is 12.0 Å². The molecule has 0 unspecified atom stereocenters. The average Bonchev–Trinajstić information content (AvgIpc) is 2.81. The highest BCUT2D eigenvalue weighted by atomic mass is 32.2. The second kappa shape index (κ2) is 9.36. The van der Waals surface area contributed by atoms with Crippen molar-refractivity contribution < 1.29 is 13.2 Å². The molecule has 0 aliphatic rings. The number of anilines is 2. The van der Waals surface area contributed by atoms with E-state index in [0.717, 1.165) is 0 Å². The molecule has 4 aromatic rings. The van der Waals surface area contributed by atoms with Gasteiger partial charge in [0.1, 0.15) is 0 Å². The summed E-state index contributed by atoms with van der Waals surface area (Å²) in [5.41, 5.74) is 0.793. The maximum atomic E-state index is 12.7. The minimum Gasteiger partial charge on any atom is -0.326 e. The van der Waals surface area contributed by atoms with Crippen molar-refractivity contribution in [1.82, 2.24) is 9.55 Å². The number of rotatable bonds is 7. The summed E-state index contributed by atoms with van der Waals surface area (Å²) in [5.74, 6) is -0.372. The molecular weight excluding hydrogens is 456 g/mol. The zero-order valence-electron chi connectivity index (χ0n) is 18.2. The number of aryl methyl sites for hydroxylation is 2. The van der Waals surface area contributed by atoms with Crippen molar-refractivity contribution in [2.45, 2.75) is 24.8 Å². The zero-order valence-corrected chi connectivity index (χ0v) is 19.1. The summed E-state index contributed by atoms with van der Waals surface area (Å²) in [7, 11) is -3.79. The smallest absolute Gasteiger partial charge is 0.326 e. The minimum absolute atomic E-state index is 0.0328. The first kappa shape index (κ1) is 23.0. The fraction of sp³-hybridized carbons (Fsp3) is 0.125. The summed E-state index contributed by atoms with van der Waals surface area (Å²) < 4.78 is 29.2. The third kappa shape index (κ3) is 4.91. The number of aromatic nitrogens is 2. The van der Waals surface area contributed by atoms with Crippen molar-refractivity contribution in [2.24, 2.45) is 0 Å². The Bertz CT molecular complexity index is 1590. The molecule has 0 spiro atoms. The molecule has 3 aromatic carbocycles. The molecule has 0 saturated carbocycles. The van der Waals surface area contributed by atoms with E-state index in [1.54, 1.807) is 61.5 Å². The van der Waals surface area contributed by atoms with Crippen LogP contribution in [0.2, 0.25) is 0 Å². The number of nitrogens with one attached hydrogen (secondary N) is 3. The molecule has 0 aliphatic heterocycles. The highest BCUT2D eigenvalue weighted by molar-refractivity contribution is 7.92. The van der Waals surface area contributed by atoms with Gasteiger partial charge in [-0.25, -0.2) is 13.2 Å². The Morgan fingerprint density at radius 2 is 1.68 bits per heavy atom. The second-order valence-corrected chi connectivity index (χ2v) is 9.36. The molecule has 3 N–H and O–H groups in total. The lowest BCUT2D eigenvalue weighted by atomic mass is 10.2. The molecule has 10 heteroatoms. The number of hydrogen-bond donors (Lipinski definition) is 3. The number of benzene rings is 3. The lowest BCUT2D eigenvalue weighted by Gasteiger charge is -2.13. The van der Waals surface area contributed by atoms with Gasteiger partial charge >= 0.3 is 5.69 Å². The molecule has 0 radical (unpaired) electrons. The van der Waals surface area contributed by atoms with Crippen LogP contribution in [0.3, 0.4) is 0 Å². The molecule has 9 nitrogen and oxygen atoms in total. The Morgan fingerprint density at radius 3 is 2.44 bits per heavy atom. The summed E-state index contributed by atoms with van der Waals surface area (Å²) in [4.78, 5) is 39.2. The van der Waals surface area contributed by atoms with Crippen LogP contribution in [0.4, 0.5) is 11.4 Å². The third-order valence-corrected chi connectivity index (χ3v) is 6.67. The summed E-state index contributed by atoms with van der Waals surface area (Å²) in [6.07, 6.45) is -0.0328. The second-order valence-electron chi connectivity index (χ2n) is 7.67. The Hall–Kier alpha value is -4.18. The quantitative estimate of drug-likeness (QED) is 0.376. The van der Waals surface area contributed by atoms with Crippen LogP contribution in [0.25, 0.3) is 10.9 Å². The van der Waals surface area contributed by atoms with E-state index in [4.69, 9.17) is 0 Å². The molecule has 1 heterocycles. The maximum Gasteiger partial charge on any atom is 0.328 e. The van der Waals surface area contributed by atoms with Crippen LogP contribution >= 0.6 is 0 Å². The first-order valence-electron chi connectivity index (χ1n) is 10.4. The fourth-order valence-corrected chi connectivity index (χ4v) is 4.66. The lowest BCUT2D eigenvalue weighted by Crippen LogP contribution is -2.31. The number of amides is 1. The molecule has 0 fully saturated rings. The Balaban J connectivity index is 1.49. The summed E-state index contributed by atoms with van der Waals surface area (Å²) in [6, 6.07) is 19.5. The van der Waals surface area contributed by atoms with E-state index in [-0.39, 0.29) is 23.8 Å². The van der Waals surface area contributed by atoms with E-state index in [0.29, 0.717) is 27.8 Å². The first-order valence-corrected chi connectivity index (χ1v) is 11.9. The zero-order chi connectivity index (χ0) is 24.3. The van der Waals surface area contributed by atoms with Crippen LogP contribution in [-0.4, -0.2) is 23.9 Å². The SMILES string of the molecule is Cc1ccc(NC(=O)CCn2c(=O)[nH]c(=O)c3ccccc32)cc1NS(=O)(=O)c1ccccc1. The molecule has 0 atom stereocenters. The van der Waals surface area contributed by atoms with Gasteiger partial charge in [0, 0.05) is 18.7 Å². The average molecular weight is 479 g/mol. The molecular formula is C24H22N4O5S. The van der Waals surface area contributed by atoms with Crippen LogP contribution in [-0.2, 0) is 21.4 Å². The van der Waals surface area contributed by atoms with E-state index in [9.17, 15) is 22.8 Å². The number of carbonyl (C=O) groups is 1. The van der Waals surface area contributed by atoms with Crippen LogP contribution < -0.4 is 21.3 Å². The number of aromatic amines is 1. The van der Waals surface area contributed by atoms with Gasteiger partial charge in [-0.1, -0.05) is 36.4 Å². The molecule has 0 bridgehead atoms. The van der Waals surface area contributed by atoms with E-state index in [1.807, 2.05) is 0 Å². The Kier molecular flexibility index (Phi) is 6.33. The van der Waals surface area contributed by atoms with Crippen molar-refractivity contribution >= 4 is 38.2 Å². The van der Waals surface area contributed by atoms with Gasteiger partial charge < -0.3 is 5.32 Å².